The Morgan fingerprint density at radius 2 is 0.382 bits per heavy atom. The number of benzene rings is 18. The fourth-order valence-corrected chi connectivity index (χ4v) is 21.7. The highest BCUT2D eigenvalue weighted by molar-refractivity contribution is 6.19. The van der Waals surface area contributed by atoms with Gasteiger partial charge in [-0.2, -0.15) is 0 Å². The first kappa shape index (κ1) is 79.8. The molecule has 634 valence electrons. The average molecular weight is 1690 g/mol. The van der Waals surface area contributed by atoms with Crippen molar-refractivity contribution in [2.75, 3.05) is 19.6 Å². The van der Waals surface area contributed by atoms with E-state index in [0.717, 1.165) is 62.6 Å². The Morgan fingerprint density at radius 3 is 0.756 bits per heavy atom. The number of nitrogens with zero attached hydrogens (tertiary/aromatic N) is 9. The van der Waals surface area contributed by atoms with Crippen molar-refractivity contribution in [3.63, 3.8) is 0 Å². The van der Waals surface area contributed by atoms with E-state index < -0.39 is 0 Å². The maximum atomic E-state index is 2.42. The Morgan fingerprint density at radius 1 is 0.160 bits per heavy atom. The highest BCUT2D eigenvalue weighted by atomic mass is 15.2. The number of fused-ring (bicyclic) bond motifs is 21. The summed E-state index contributed by atoms with van der Waals surface area (Å²) < 4.78 is 11.6. The smallest absolute Gasteiger partial charge is 0.0509 e. The fourth-order valence-electron chi connectivity index (χ4n) is 21.7. The molecule has 2 aliphatic carbocycles. The van der Waals surface area contributed by atoms with E-state index in [1.165, 1.54) is 176 Å². The highest BCUT2D eigenvalue weighted by Gasteiger charge is 2.38. The maximum absolute atomic E-state index is 2.42. The largest absolute Gasteiger partial charge is 0.344 e. The van der Waals surface area contributed by atoms with Crippen LogP contribution in [-0.4, -0.2) is 22.8 Å². The molecule has 0 saturated carbocycles. The second-order valence-electron chi connectivity index (χ2n) is 37.1. The van der Waals surface area contributed by atoms with Crippen LogP contribution in [0.1, 0.15) is 66.6 Å². The standard InChI is InChI=1S/C47H39N3.C40H32N4.C35H30N2/c1-32-19-26-39-40-27-24-37(30-44(40)47(2,3)43(39)29-32)50(38-25-28-42-41-17-11-12-18-45(41)48(4)46(42)31-38)36-22-20-35(21-23-36)49(33-13-7-5-8-14-33)34-15-9-6-10-16-34;1-25-13-15-26(16-14-25)44(27-17-19-31-29-9-5-7-11-35(29)41(2)37(31)21-27)28-18-20-32-34-24-39-33(23-40(34)43(4)38(32)22-28)30-10-6-8-12-36(30)42(39)3;1-23-13-15-24(16-14-23)37(26-18-20-30-29-10-6-8-12-33(29)36(4)34(30)22-26)25-17-19-28-27-9-5-7-11-31(27)35(2,3)32(28)21-25/h5-31H,1-4H3;5-24H,1-4H3;5-22H,1-4H3. The molecule has 131 heavy (non-hydrogen) atoms. The number of aromatic nitrogens is 5. The molecule has 0 saturated heterocycles. The first-order valence-electron chi connectivity index (χ1n) is 45.6. The Bertz CT molecular complexity index is 8460. The average Bonchev–Trinajstić information content (AvgIpc) is 1.56. The van der Waals surface area contributed by atoms with Crippen LogP contribution < -0.4 is 19.6 Å². The van der Waals surface area contributed by atoms with Gasteiger partial charge in [0.1, 0.15) is 0 Å². The van der Waals surface area contributed by atoms with Crippen LogP contribution in [0.3, 0.4) is 0 Å². The third kappa shape index (κ3) is 13.0. The van der Waals surface area contributed by atoms with Gasteiger partial charge in [-0.3, -0.25) is 0 Å². The van der Waals surface area contributed by atoms with Crippen LogP contribution in [0.4, 0.5) is 68.2 Å². The zero-order chi connectivity index (χ0) is 89.0. The quantitative estimate of drug-likeness (QED) is 0.122. The molecule has 25 rings (SSSR count). The number of aryl methyl sites for hydroxylation is 8. The van der Waals surface area contributed by atoms with Gasteiger partial charge in [-0.1, -0.05) is 257 Å². The van der Waals surface area contributed by atoms with Crippen molar-refractivity contribution in [2.24, 2.45) is 35.2 Å². The molecule has 0 atom stereocenters. The van der Waals surface area contributed by atoms with Gasteiger partial charge in [0.2, 0.25) is 0 Å². The van der Waals surface area contributed by atoms with Crippen molar-refractivity contribution >= 4 is 177 Å². The molecule has 0 bridgehead atoms. The second-order valence-corrected chi connectivity index (χ2v) is 37.1. The van der Waals surface area contributed by atoms with Crippen LogP contribution in [0.15, 0.2) is 394 Å². The molecule has 0 spiro atoms. The molecule has 0 fully saturated rings. The van der Waals surface area contributed by atoms with Crippen LogP contribution >= 0.6 is 0 Å². The lowest BCUT2D eigenvalue weighted by Gasteiger charge is -2.29. The van der Waals surface area contributed by atoms with E-state index in [2.05, 4.69) is 520 Å². The Hall–Kier alpha value is -15.8. The van der Waals surface area contributed by atoms with Crippen molar-refractivity contribution in [3.8, 4) is 22.3 Å². The van der Waals surface area contributed by atoms with Gasteiger partial charge in [0.25, 0.3) is 0 Å². The van der Waals surface area contributed by atoms with Gasteiger partial charge < -0.3 is 42.4 Å². The number of hydrogen-bond acceptors (Lipinski definition) is 4. The van der Waals surface area contributed by atoms with Crippen LogP contribution in [0, 0.1) is 20.8 Å². The first-order chi connectivity index (χ1) is 63.8. The number of hydrogen-bond donors (Lipinski definition) is 0. The summed E-state index contributed by atoms with van der Waals surface area (Å²) in [7, 11) is 10.9. The normalized spacial score (nSPS) is 12.9. The molecule has 0 amide bonds. The number of para-hydroxylation sites is 6. The fraction of sp³-hybridized carbons (Fsp3) is 0.115. The van der Waals surface area contributed by atoms with Gasteiger partial charge in [0.15, 0.2) is 0 Å². The zero-order valence-corrected chi connectivity index (χ0v) is 76.1. The van der Waals surface area contributed by atoms with Crippen molar-refractivity contribution in [1.82, 2.24) is 22.8 Å². The molecule has 23 aromatic rings. The molecule has 18 aromatic carbocycles. The van der Waals surface area contributed by atoms with Gasteiger partial charge in [-0.05, 0) is 247 Å². The third-order valence-corrected chi connectivity index (χ3v) is 28.6. The topological polar surface area (TPSA) is 37.6 Å². The number of rotatable bonds is 12. The predicted octanol–water partition coefficient (Wildman–Crippen LogP) is 32.7. The van der Waals surface area contributed by atoms with E-state index >= 15 is 0 Å². The summed E-state index contributed by atoms with van der Waals surface area (Å²) in [6, 6.07) is 145. The minimum atomic E-state index is -0.103. The van der Waals surface area contributed by atoms with Crippen LogP contribution in [0.25, 0.3) is 131 Å². The van der Waals surface area contributed by atoms with Crippen molar-refractivity contribution in [3.05, 3.63) is 433 Å². The lowest BCUT2D eigenvalue weighted by molar-refractivity contribution is 0.660. The van der Waals surface area contributed by atoms with Crippen molar-refractivity contribution in [1.29, 1.82) is 0 Å². The number of anilines is 12. The molecule has 9 nitrogen and oxygen atoms in total. The zero-order valence-electron chi connectivity index (χ0n) is 76.1. The summed E-state index contributed by atoms with van der Waals surface area (Å²) in [5, 5.41) is 12.8. The van der Waals surface area contributed by atoms with E-state index in [1.807, 2.05) is 0 Å². The van der Waals surface area contributed by atoms with E-state index in [0.29, 0.717) is 0 Å². The van der Waals surface area contributed by atoms with Crippen molar-refractivity contribution in [2.45, 2.75) is 59.3 Å². The summed E-state index contributed by atoms with van der Waals surface area (Å²) in [6.07, 6.45) is 0. The van der Waals surface area contributed by atoms with E-state index in [-0.39, 0.29) is 10.8 Å². The molecule has 2 aliphatic rings. The van der Waals surface area contributed by atoms with Crippen molar-refractivity contribution < 1.29 is 0 Å². The molecular weight excluding hydrogens is 1590 g/mol. The SMILES string of the molecule is Cc1ccc(N(c2ccc3c(c2)C(C)(C)c2ccccc2-3)c2ccc3c4ccccc4n(C)c3c2)cc1.Cc1ccc(N(c2ccc3c4ccccc4n(C)c3c2)c2ccc3c4cc5c(cc4n(C)c3c2)c2ccccc2n5C)cc1.Cc1ccc2c(c1)C(C)(C)c1cc(N(c3ccc(N(c4ccccc4)c4ccccc4)cc3)c3ccc4c5ccccc5n(C)c4c3)ccc1-2. The Balaban J connectivity index is 0.000000113. The Labute approximate surface area is 764 Å². The van der Waals surface area contributed by atoms with Gasteiger partial charge in [-0.15, -0.1) is 0 Å². The lowest BCUT2D eigenvalue weighted by Crippen LogP contribution is -2.17. The first-order valence-corrected chi connectivity index (χ1v) is 45.6. The second kappa shape index (κ2) is 31.0. The summed E-state index contributed by atoms with van der Waals surface area (Å²) in [5.41, 5.74) is 40.7. The minimum Gasteiger partial charge on any atom is -0.344 e. The molecular formula is C122H101N9. The summed E-state index contributed by atoms with van der Waals surface area (Å²) in [5.74, 6) is 0. The van der Waals surface area contributed by atoms with Gasteiger partial charge >= 0.3 is 0 Å². The molecule has 0 radical (unpaired) electrons. The van der Waals surface area contributed by atoms with Crippen LogP contribution in [0.5, 0.6) is 0 Å². The monoisotopic (exact) mass is 1690 g/mol. The van der Waals surface area contributed by atoms with Crippen LogP contribution in [-0.2, 0) is 46.1 Å². The van der Waals surface area contributed by atoms with E-state index in [4.69, 9.17) is 0 Å². The molecule has 9 heteroatoms. The van der Waals surface area contributed by atoms with E-state index in [9.17, 15) is 0 Å². The minimum absolute atomic E-state index is 0.0410. The summed E-state index contributed by atoms with van der Waals surface area (Å²) >= 11 is 0. The molecule has 5 aromatic heterocycles. The molecule has 0 N–H and O–H groups in total. The predicted molar refractivity (Wildman–Crippen MR) is 557 cm³/mol. The lowest BCUT2D eigenvalue weighted by atomic mass is 9.82. The van der Waals surface area contributed by atoms with Crippen LogP contribution in [0.2, 0.25) is 0 Å². The summed E-state index contributed by atoms with van der Waals surface area (Å²) in [4.78, 5) is 9.52. The maximum Gasteiger partial charge on any atom is 0.0509 e. The molecule has 0 unspecified atom stereocenters. The Kier molecular flexibility index (Phi) is 18.9. The van der Waals surface area contributed by atoms with Gasteiger partial charge in [0, 0.05) is 201 Å². The van der Waals surface area contributed by atoms with Gasteiger partial charge in [-0.25, -0.2) is 0 Å². The highest BCUT2D eigenvalue weighted by Crippen LogP contribution is 2.55. The molecule has 0 aliphatic heterocycles. The third-order valence-electron chi connectivity index (χ3n) is 28.6. The summed E-state index contributed by atoms with van der Waals surface area (Å²) in [6.45, 7) is 15.9. The van der Waals surface area contributed by atoms with Gasteiger partial charge in [0.05, 0.1) is 22.1 Å². The van der Waals surface area contributed by atoms with E-state index in [1.54, 1.807) is 0 Å². The molecule has 5 heterocycles.